The van der Waals surface area contributed by atoms with E-state index in [2.05, 4.69) is 26.2 Å². The smallest absolute Gasteiger partial charge is 0.343 e. The van der Waals surface area contributed by atoms with Gasteiger partial charge in [-0.25, -0.2) is 4.79 Å². The van der Waals surface area contributed by atoms with Gasteiger partial charge in [0, 0.05) is 11.9 Å². The average Bonchev–Trinajstić information content (AvgIpc) is 2.75. The molecule has 1 amide bonds. The number of alkyl halides is 1. The SMILES string of the molecule is CC1OC(n2ccc(NC(=O)CBr)nc2=O)CS1. The third-order valence-corrected chi connectivity index (χ3v) is 3.92. The van der Waals surface area contributed by atoms with Gasteiger partial charge in [0.2, 0.25) is 5.91 Å². The van der Waals surface area contributed by atoms with Crippen molar-refractivity contribution < 1.29 is 9.53 Å². The number of anilines is 1. The first-order valence-corrected chi connectivity index (χ1v) is 7.49. The number of hydrogen-bond acceptors (Lipinski definition) is 5. The quantitative estimate of drug-likeness (QED) is 0.841. The Balaban J connectivity index is 2.15. The Hall–Kier alpha value is -0.860. The van der Waals surface area contributed by atoms with Crippen molar-refractivity contribution in [1.82, 2.24) is 9.55 Å². The van der Waals surface area contributed by atoms with E-state index in [4.69, 9.17) is 4.74 Å². The maximum Gasteiger partial charge on any atom is 0.351 e. The van der Waals surface area contributed by atoms with Gasteiger partial charge in [-0.1, -0.05) is 15.9 Å². The van der Waals surface area contributed by atoms with E-state index in [1.165, 1.54) is 4.57 Å². The molecule has 0 spiro atoms. The summed E-state index contributed by atoms with van der Waals surface area (Å²) in [7, 11) is 0. The Morgan fingerprint density at radius 3 is 3.11 bits per heavy atom. The van der Waals surface area contributed by atoms with E-state index < -0.39 is 5.69 Å². The Kier molecular flexibility index (Phi) is 4.41. The fraction of sp³-hybridized carbons (Fsp3) is 0.500. The number of ether oxygens (including phenoxy) is 1. The standard InChI is InChI=1S/C10H12BrN3O3S/c1-6-17-9(5-18-6)14-3-2-7(13-10(14)16)12-8(15)4-11/h2-3,6,9H,4-5H2,1H3,(H,12,13,15,16). The summed E-state index contributed by atoms with van der Waals surface area (Å²) in [5.74, 6) is 0.718. The zero-order chi connectivity index (χ0) is 13.1. The van der Waals surface area contributed by atoms with Crippen LogP contribution in [0.1, 0.15) is 13.2 Å². The van der Waals surface area contributed by atoms with Crippen LogP contribution in [-0.4, -0.2) is 32.0 Å². The lowest BCUT2D eigenvalue weighted by Gasteiger charge is -2.13. The third kappa shape index (κ3) is 3.12. The molecule has 0 radical (unpaired) electrons. The summed E-state index contributed by atoms with van der Waals surface area (Å²) in [6.45, 7) is 1.94. The van der Waals surface area contributed by atoms with Crippen molar-refractivity contribution >= 4 is 39.4 Å². The number of hydrogen-bond donors (Lipinski definition) is 1. The van der Waals surface area contributed by atoms with Crippen LogP contribution in [0, 0.1) is 0 Å². The van der Waals surface area contributed by atoms with Crippen LogP contribution in [-0.2, 0) is 9.53 Å². The van der Waals surface area contributed by atoms with E-state index in [1.54, 1.807) is 24.0 Å². The normalized spacial score (nSPS) is 23.0. The summed E-state index contributed by atoms with van der Waals surface area (Å²) in [4.78, 5) is 26.7. The highest BCUT2D eigenvalue weighted by molar-refractivity contribution is 9.09. The molecule has 1 N–H and O–H groups in total. The maximum atomic E-state index is 11.8. The number of amides is 1. The lowest BCUT2D eigenvalue weighted by Crippen LogP contribution is -2.29. The first-order chi connectivity index (χ1) is 8.60. The second-order valence-corrected chi connectivity index (χ2v) is 5.57. The Labute approximate surface area is 116 Å². The van der Waals surface area contributed by atoms with Crippen molar-refractivity contribution in [3.05, 3.63) is 22.7 Å². The second-order valence-electron chi connectivity index (χ2n) is 3.68. The number of nitrogens with zero attached hydrogens (tertiary/aromatic N) is 2. The summed E-state index contributed by atoms with van der Waals surface area (Å²) in [6.07, 6.45) is 1.30. The highest BCUT2D eigenvalue weighted by Gasteiger charge is 2.24. The minimum atomic E-state index is -0.429. The van der Waals surface area contributed by atoms with Gasteiger partial charge < -0.3 is 10.1 Å². The summed E-state index contributed by atoms with van der Waals surface area (Å²) in [5, 5.41) is 2.67. The zero-order valence-electron chi connectivity index (χ0n) is 9.63. The van der Waals surface area contributed by atoms with Crippen molar-refractivity contribution in [1.29, 1.82) is 0 Å². The van der Waals surface area contributed by atoms with Gasteiger partial charge in [-0.3, -0.25) is 9.36 Å². The number of rotatable bonds is 3. The first-order valence-electron chi connectivity index (χ1n) is 5.32. The van der Waals surface area contributed by atoms with Crippen LogP contribution in [0.25, 0.3) is 0 Å². The van der Waals surface area contributed by atoms with E-state index in [0.29, 0.717) is 0 Å². The molecular weight excluding hydrogens is 322 g/mol. The predicted octanol–water partition coefficient (Wildman–Crippen LogP) is 1.18. The Morgan fingerprint density at radius 1 is 1.78 bits per heavy atom. The van der Waals surface area contributed by atoms with Crippen molar-refractivity contribution in [3.8, 4) is 0 Å². The summed E-state index contributed by atoms with van der Waals surface area (Å²) >= 11 is 4.66. The fourth-order valence-electron chi connectivity index (χ4n) is 1.54. The molecule has 0 bridgehead atoms. The van der Waals surface area contributed by atoms with Gasteiger partial charge in [0.25, 0.3) is 0 Å². The molecule has 1 aliphatic heterocycles. The fourth-order valence-corrected chi connectivity index (χ4v) is 2.56. The maximum absolute atomic E-state index is 11.8. The number of carbonyl (C=O) groups excluding carboxylic acids is 1. The molecule has 1 aromatic rings. The molecule has 0 aliphatic carbocycles. The van der Waals surface area contributed by atoms with E-state index >= 15 is 0 Å². The molecule has 1 aliphatic rings. The van der Waals surface area contributed by atoms with E-state index in [1.807, 2.05) is 6.92 Å². The molecule has 1 aromatic heterocycles. The molecule has 6 nitrogen and oxygen atoms in total. The highest BCUT2D eigenvalue weighted by Crippen LogP contribution is 2.30. The van der Waals surface area contributed by atoms with Crippen LogP contribution >= 0.6 is 27.7 Å². The van der Waals surface area contributed by atoms with E-state index in [0.717, 1.165) is 5.75 Å². The Bertz CT molecular complexity index is 507. The topological polar surface area (TPSA) is 73.2 Å². The molecule has 18 heavy (non-hydrogen) atoms. The zero-order valence-corrected chi connectivity index (χ0v) is 12.0. The van der Waals surface area contributed by atoms with Crippen molar-refractivity contribution in [2.45, 2.75) is 18.6 Å². The summed E-state index contributed by atoms with van der Waals surface area (Å²) in [5.41, 5.74) is -0.350. The van der Waals surface area contributed by atoms with Gasteiger partial charge in [-0.15, -0.1) is 11.8 Å². The number of nitrogens with one attached hydrogen (secondary N) is 1. The average molecular weight is 334 g/mol. The highest BCUT2D eigenvalue weighted by atomic mass is 79.9. The van der Waals surface area contributed by atoms with Crippen LogP contribution in [0.3, 0.4) is 0 Å². The number of aromatic nitrogens is 2. The molecule has 8 heteroatoms. The minimum absolute atomic E-state index is 0.0784. The van der Waals surface area contributed by atoms with Gasteiger partial charge in [0.15, 0.2) is 0 Å². The lowest BCUT2D eigenvalue weighted by molar-refractivity contribution is -0.113. The molecule has 1 saturated heterocycles. The number of thioether (sulfide) groups is 1. The molecule has 0 saturated carbocycles. The van der Waals surface area contributed by atoms with Gasteiger partial charge in [0.1, 0.15) is 17.5 Å². The minimum Gasteiger partial charge on any atom is -0.343 e. The molecule has 2 unspecified atom stereocenters. The van der Waals surface area contributed by atoms with Crippen LogP contribution in [0.2, 0.25) is 0 Å². The van der Waals surface area contributed by atoms with Crippen LogP contribution in [0.15, 0.2) is 17.1 Å². The lowest BCUT2D eigenvalue weighted by atomic mass is 10.5. The number of carbonyl (C=O) groups is 1. The van der Waals surface area contributed by atoms with Crippen LogP contribution < -0.4 is 11.0 Å². The van der Waals surface area contributed by atoms with Crippen LogP contribution in [0.4, 0.5) is 5.82 Å². The molecule has 1 fully saturated rings. The van der Waals surface area contributed by atoms with Gasteiger partial charge in [0.05, 0.1) is 5.33 Å². The summed E-state index contributed by atoms with van der Waals surface area (Å²) in [6, 6.07) is 1.58. The molecule has 2 atom stereocenters. The van der Waals surface area contributed by atoms with Gasteiger partial charge >= 0.3 is 5.69 Å². The first kappa shape index (κ1) is 13.6. The monoisotopic (exact) mass is 333 g/mol. The molecular formula is C10H12BrN3O3S. The van der Waals surface area contributed by atoms with E-state index in [-0.39, 0.29) is 28.7 Å². The second kappa shape index (κ2) is 5.85. The molecule has 2 rings (SSSR count). The number of halogens is 1. The molecule has 98 valence electrons. The summed E-state index contributed by atoms with van der Waals surface area (Å²) < 4.78 is 6.99. The predicted molar refractivity (Wildman–Crippen MR) is 73.0 cm³/mol. The van der Waals surface area contributed by atoms with E-state index in [9.17, 15) is 9.59 Å². The molecule has 0 aromatic carbocycles. The van der Waals surface area contributed by atoms with Crippen LogP contribution in [0.5, 0.6) is 0 Å². The molecule has 2 heterocycles. The Morgan fingerprint density at radius 2 is 2.56 bits per heavy atom. The van der Waals surface area contributed by atoms with Gasteiger partial charge in [-0.05, 0) is 13.0 Å². The van der Waals surface area contributed by atoms with Crippen molar-refractivity contribution in [2.24, 2.45) is 0 Å². The van der Waals surface area contributed by atoms with Crippen molar-refractivity contribution in [3.63, 3.8) is 0 Å². The van der Waals surface area contributed by atoms with Gasteiger partial charge in [-0.2, -0.15) is 4.98 Å². The largest absolute Gasteiger partial charge is 0.351 e. The third-order valence-electron chi connectivity index (χ3n) is 2.35. The van der Waals surface area contributed by atoms with Crippen molar-refractivity contribution in [2.75, 3.05) is 16.4 Å².